The molecule has 2 aromatic heterocycles. The maximum absolute atomic E-state index is 13.0. The third-order valence-electron chi connectivity index (χ3n) is 20.4. The fraction of sp³-hybridized carbons (Fsp3) is 0.395. The minimum absolute atomic E-state index is 0.0154. The largest absolute Gasteiger partial charge is 0.444 e. The molecule has 104 heavy (non-hydrogen) atoms. The molecule has 4 saturated heterocycles. The zero-order valence-electron chi connectivity index (χ0n) is 61.9. The van der Waals surface area contributed by atoms with E-state index in [-0.39, 0.29) is 48.5 Å². The van der Waals surface area contributed by atoms with Crippen molar-refractivity contribution in [3.05, 3.63) is 168 Å². The fourth-order valence-corrected chi connectivity index (χ4v) is 15.6. The molecule has 8 aromatic carbocycles. The molecule has 0 spiro atoms. The fourth-order valence-electron chi connectivity index (χ4n) is 15.6. The molecule has 16 rings (SSSR count). The van der Waals surface area contributed by atoms with Gasteiger partial charge in [-0.3, -0.25) is 29.6 Å². The molecule has 18 nitrogen and oxygen atoms in total. The van der Waals surface area contributed by atoms with Crippen molar-refractivity contribution in [2.75, 3.05) is 26.2 Å². The van der Waals surface area contributed by atoms with Crippen molar-refractivity contribution >= 4 is 90.8 Å². The molecule has 0 radical (unpaired) electrons. The number of carbonyl (C=O) groups is 4. The number of amides is 4. The number of benzene rings is 8. The molecule has 0 unspecified atom stereocenters. The van der Waals surface area contributed by atoms with Gasteiger partial charge in [-0.1, -0.05) is 72.8 Å². The summed E-state index contributed by atoms with van der Waals surface area (Å²) < 4.78 is 22.8. The number of aromatic amines is 2. The third-order valence-corrected chi connectivity index (χ3v) is 20.4. The molecular weight excluding hydrogens is 1300 g/mol. The molecule has 0 aliphatic carbocycles. The summed E-state index contributed by atoms with van der Waals surface area (Å²) in [6.45, 7) is 25.5. The van der Waals surface area contributed by atoms with Crippen molar-refractivity contribution in [3.8, 4) is 44.5 Å². The number of likely N-dealkylation sites (tertiary alicyclic amines) is 4. The van der Waals surface area contributed by atoms with Crippen LogP contribution in [0.2, 0.25) is 0 Å². The van der Waals surface area contributed by atoms with Crippen LogP contribution in [0.25, 0.3) is 88.1 Å². The molecule has 4 atom stereocenters. The number of ether oxygens (including phenoxy) is 4. The number of imidazole rings is 2. The maximum atomic E-state index is 13.0. The Labute approximate surface area is 608 Å². The Morgan fingerprint density at radius 2 is 0.635 bits per heavy atom. The first-order valence-electron chi connectivity index (χ1n) is 37.0. The number of hydrogen-bond donors (Lipinski definition) is 2. The highest BCUT2D eigenvalue weighted by atomic mass is 16.6. The lowest BCUT2D eigenvalue weighted by Crippen LogP contribution is -2.43. The van der Waals surface area contributed by atoms with Crippen molar-refractivity contribution in [1.29, 1.82) is 0 Å². The summed E-state index contributed by atoms with van der Waals surface area (Å²) in [6, 6.07) is 51.8. The van der Waals surface area contributed by atoms with Crippen LogP contribution >= 0.6 is 0 Å². The van der Waals surface area contributed by atoms with Crippen molar-refractivity contribution in [1.82, 2.24) is 39.5 Å². The Hall–Kier alpha value is -10.4. The lowest BCUT2D eigenvalue weighted by Gasteiger charge is -2.28. The van der Waals surface area contributed by atoms with Crippen molar-refractivity contribution in [3.63, 3.8) is 0 Å². The SMILES string of the molecule is CC(C)(C)OC(=O)N1CCC[C@H]1C1=Nc2ccc(-c3ccc4cc(-c5ccc6nc([C@@H]7CCCN7C(=O)OC(C)(C)C)[nH]c6c5)ccc4c3)cc2C1.CC(C)(C)OC(=O)N1CCC[C@H]1C1=Nc2ccc(-c3ccc4ccc(-c5ccc6nc([C@@H]7CCCN7C(=O)OC(C)(C)C)[nH]c6c5)cc4c3)cc2C1. The van der Waals surface area contributed by atoms with Crippen LogP contribution in [0.4, 0.5) is 30.6 Å². The van der Waals surface area contributed by atoms with Crippen LogP contribution in [-0.2, 0) is 31.8 Å². The molecule has 0 bridgehead atoms. The van der Waals surface area contributed by atoms with Gasteiger partial charge in [0.25, 0.3) is 0 Å². The normalized spacial score (nSPS) is 19.0. The second kappa shape index (κ2) is 27.0. The predicted molar refractivity (Wildman–Crippen MR) is 412 cm³/mol. The number of rotatable bonds is 8. The van der Waals surface area contributed by atoms with Gasteiger partial charge in [0, 0.05) is 50.4 Å². The van der Waals surface area contributed by atoms with E-state index < -0.39 is 22.4 Å². The van der Waals surface area contributed by atoms with E-state index in [1.165, 1.54) is 27.3 Å². The maximum Gasteiger partial charge on any atom is 0.410 e. The molecule has 4 fully saturated rings. The van der Waals surface area contributed by atoms with E-state index in [0.717, 1.165) is 171 Å². The van der Waals surface area contributed by atoms with Gasteiger partial charge in [0.05, 0.1) is 57.6 Å². The van der Waals surface area contributed by atoms with Crippen molar-refractivity contribution < 1.29 is 38.1 Å². The van der Waals surface area contributed by atoms with Gasteiger partial charge in [-0.2, -0.15) is 0 Å². The first-order valence-corrected chi connectivity index (χ1v) is 37.0. The van der Waals surface area contributed by atoms with Crippen molar-refractivity contribution in [2.24, 2.45) is 9.98 Å². The van der Waals surface area contributed by atoms with Crippen molar-refractivity contribution in [2.45, 2.75) is 194 Å². The Bertz CT molecular complexity index is 5110. The standard InChI is InChI=1S/2C43H47N5O4/c1-42(2,3)51-40(49)47-19-7-9-37(47)36-25-32-23-29(15-17-33(32)44-36)27-13-11-26-12-14-28(22-31(26)21-27)30-16-18-34-35(24-30)46-39(45-34)38-10-8-20-48(38)41(50)52-43(4,5)6;1-42(2,3)51-40(49)47-19-7-9-37(47)36-25-32-23-30(15-17-33(32)44-36)28-12-11-27-22-29(14-13-26(27)21-28)31-16-18-34-35(24-31)46-39(45-34)38-10-8-20-48(38)41(50)52-43(4,5)6/h2*11-18,21-24,37-38H,7-10,19-20,25H2,1-6H3,(H,45,46)/t2*37-,38-/m00/s1. The second-order valence-electron chi connectivity index (χ2n) is 32.8. The minimum atomic E-state index is -0.544. The van der Waals surface area contributed by atoms with Gasteiger partial charge in [0.1, 0.15) is 34.1 Å². The van der Waals surface area contributed by atoms with E-state index in [9.17, 15) is 19.2 Å². The Morgan fingerprint density at radius 3 is 0.990 bits per heavy atom. The third kappa shape index (κ3) is 14.8. The first kappa shape index (κ1) is 69.4. The Kier molecular flexibility index (Phi) is 18.0. The second-order valence-corrected chi connectivity index (χ2v) is 32.8. The van der Waals surface area contributed by atoms with Gasteiger partial charge in [0.2, 0.25) is 0 Å². The highest BCUT2D eigenvalue weighted by Crippen LogP contribution is 2.42. The van der Waals surface area contributed by atoms with E-state index in [2.05, 4.69) is 156 Å². The van der Waals surface area contributed by atoms with Gasteiger partial charge >= 0.3 is 24.4 Å². The molecule has 536 valence electrons. The highest BCUT2D eigenvalue weighted by molar-refractivity contribution is 6.02. The van der Waals surface area contributed by atoms with E-state index in [1.54, 1.807) is 9.80 Å². The zero-order chi connectivity index (χ0) is 72.7. The van der Waals surface area contributed by atoms with E-state index in [0.29, 0.717) is 26.2 Å². The summed E-state index contributed by atoms with van der Waals surface area (Å²) in [5.41, 5.74) is 17.1. The van der Waals surface area contributed by atoms with Gasteiger partial charge in [-0.15, -0.1) is 0 Å². The van der Waals surface area contributed by atoms with Crippen LogP contribution in [0.5, 0.6) is 0 Å². The molecule has 8 heterocycles. The van der Waals surface area contributed by atoms with Crippen LogP contribution < -0.4 is 0 Å². The van der Waals surface area contributed by atoms with Gasteiger partial charge < -0.3 is 28.9 Å². The zero-order valence-corrected chi connectivity index (χ0v) is 61.9. The van der Waals surface area contributed by atoms with Crippen LogP contribution in [0, 0.1) is 0 Å². The highest BCUT2D eigenvalue weighted by Gasteiger charge is 2.41. The summed E-state index contributed by atoms with van der Waals surface area (Å²) in [5.74, 6) is 1.60. The molecule has 6 aliphatic heterocycles. The predicted octanol–water partition coefficient (Wildman–Crippen LogP) is 20.3. The molecule has 10 aromatic rings. The number of aromatic nitrogens is 4. The average molecular weight is 1400 g/mol. The van der Waals surface area contributed by atoms with Crippen LogP contribution in [-0.4, -0.2) is 136 Å². The molecule has 6 aliphatic rings. The Morgan fingerprint density at radius 1 is 0.346 bits per heavy atom. The molecule has 18 heteroatoms. The number of fused-ring (bicyclic) bond motifs is 6. The molecular formula is C86H94N10O8. The molecule has 0 saturated carbocycles. The van der Waals surface area contributed by atoms with Crippen LogP contribution in [0.1, 0.15) is 169 Å². The topological polar surface area (TPSA) is 200 Å². The number of aliphatic imine (C=N–C) groups is 2. The van der Waals surface area contributed by atoms with Gasteiger partial charge in [-0.25, -0.2) is 29.1 Å². The van der Waals surface area contributed by atoms with E-state index in [4.69, 9.17) is 38.9 Å². The number of hydrogen-bond acceptors (Lipinski definition) is 12. The average Bonchev–Trinajstić information content (AvgIpc) is 1.49. The van der Waals surface area contributed by atoms with E-state index >= 15 is 0 Å². The van der Waals surface area contributed by atoms with E-state index in [1.807, 2.05) is 92.9 Å². The first-order chi connectivity index (χ1) is 49.6. The summed E-state index contributed by atoms with van der Waals surface area (Å²) in [5, 5.41) is 4.68. The lowest BCUT2D eigenvalue weighted by atomic mass is 9.95. The summed E-state index contributed by atoms with van der Waals surface area (Å²) >= 11 is 0. The van der Waals surface area contributed by atoms with Gasteiger partial charge in [-0.05, 0) is 284 Å². The summed E-state index contributed by atoms with van der Waals surface area (Å²) in [7, 11) is 0. The van der Waals surface area contributed by atoms with Crippen LogP contribution in [0.3, 0.4) is 0 Å². The van der Waals surface area contributed by atoms with Crippen LogP contribution in [0.15, 0.2) is 156 Å². The number of nitrogens with one attached hydrogen (secondary N) is 2. The summed E-state index contributed by atoms with van der Waals surface area (Å²) in [6.07, 6.45) is 7.67. The number of nitrogens with zero attached hydrogens (tertiary/aromatic N) is 8. The smallest absolute Gasteiger partial charge is 0.410 e. The number of carbonyl (C=O) groups excluding carboxylic acids is 4. The number of H-pyrrole nitrogens is 2. The molecule has 4 amide bonds. The molecule has 2 N–H and O–H groups in total. The van der Waals surface area contributed by atoms with Gasteiger partial charge in [0.15, 0.2) is 0 Å². The lowest BCUT2D eigenvalue weighted by molar-refractivity contribution is 0.0208. The minimum Gasteiger partial charge on any atom is -0.444 e. The quantitative estimate of drug-likeness (QED) is 0.138. The monoisotopic (exact) mass is 1390 g/mol. The summed E-state index contributed by atoms with van der Waals surface area (Å²) in [4.78, 5) is 85.9. The Balaban J connectivity index is 0.000000167.